The van der Waals surface area contributed by atoms with Crippen LogP contribution in [0.25, 0.3) is 10.9 Å². The summed E-state index contributed by atoms with van der Waals surface area (Å²) < 4.78 is 70.7. The molecule has 0 aliphatic carbocycles. The van der Waals surface area contributed by atoms with Crippen LogP contribution in [0.15, 0.2) is 66.3 Å². The summed E-state index contributed by atoms with van der Waals surface area (Å²) in [6.07, 6.45) is -0.297. The van der Waals surface area contributed by atoms with E-state index in [0.29, 0.717) is 30.9 Å². The lowest BCUT2D eigenvalue weighted by molar-refractivity contribution is -0.157. The lowest BCUT2D eigenvalue weighted by atomic mass is 9.83. The summed E-state index contributed by atoms with van der Waals surface area (Å²) in [5, 5.41) is 27.7. The maximum Gasteiger partial charge on any atom is 0.409 e. The summed E-state index contributed by atoms with van der Waals surface area (Å²) in [7, 11) is 3.43. The van der Waals surface area contributed by atoms with Crippen molar-refractivity contribution in [3.63, 3.8) is 0 Å². The molecule has 464 valence electrons. The van der Waals surface area contributed by atoms with Gasteiger partial charge in [-0.3, -0.25) is 29.3 Å². The molecular formula is C59H83ClN6O17S. The number of nitrogens with one attached hydrogen (secondary N) is 2. The van der Waals surface area contributed by atoms with Crippen LogP contribution in [0, 0.1) is 11.8 Å². The standard InChI is InChI=1S/C59H83ClN6O17S/c1-11-63(6)36-43-32-41-16-12-13-17-45(41)66(43)23-21-44(67)33-42(19-20-52(69)70)55(71)61-22-24-79-25-26-80-27-28-84(75,76)65(8)39(4)56(72)82-50-34-51(68)64(7)46-30-40(31-47(77-9)53(46)60)29-37(2)15-14-18-49(78-10)59(74)35-48(81-57(73)62-59)38(3)54-58(50,5)83-54/h12-18,30-32,38-39,42,48-50,54,74H,11,19-29,33-36H2,1-10H3,(H,61,71)(H,62,73)(H,69,70)/b18-14+,37-15+/t38-,39+,42-,48+,49-,50+,54+,58+,59+/m1/s1. The van der Waals surface area contributed by atoms with Gasteiger partial charge in [-0.15, -0.1) is 0 Å². The van der Waals surface area contributed by atoms with Crippen LogP contribution in [0.2, 0.25) is 5.02 Å². The number of aryl methyl sites for hydroxylation is 1. The number of sulfonamides is 1. The molecule has 23 nitrogen and oxygen atoms in total. The maximum absolute atomic E-state index is 14.4. The number of Topliss-reactive ketones (excluding diaryl/α,β-unsaturated/α-hetero) is 1. The molecule has 25 heteroatoms. The van der Waals surface area contributed by atoms with Crippen molar-refractivity contribution in [3.05, 3.63) is 82.5 Å². The highest BCUT2D eigenvalue weighted by Gasteiger charge is 2.64. The van der Waals surface area contributed by atoms with Crippen LogP contribution in [0.3, 0.4) is 0 Å². The minimum absolute atomic E-state index is 0.0188. The van der Waals surface area contributed by atoms with E-state index in [1.807, 2.05) is 44.3 Å². The second kappa shape index (κ2) is 29.9. The molecule has 1 aromatic heterocycles. The van der Waals surface area contributed by atoms with Crippen LogP contribution >= 0.6 is 11.6 Å². The van der Waals surface area contributed by atoms with Gasteiger partial charge in [0.15, 0.2) is 5.72 Å². The number of allylic oxidation sites excluding steroid dienone is 3. The lowest BCUT2D eigenvalue weighted by Crippen LogP contribution is -2.63. The van der Waals surface area contributed by atoms with E-state index in [2.05, 4.69) is 33.1 Å². The number of methoxy groups -OCH3 is 2. The number of epoxide rings is 1. The molecule has 6 rings (SSSR count). The predicted octanol–water partition coefficient (Wildman–Crippen LogP) is 5.40. The minimum atomic E-state index is -4.16. The van der Waals surface area contributed by atoms with Crippen molar-refractivity contribution < 1.29 is 80.6 Å². The number of anilines is 1. The molecule has 3 aliphatic heterocycles. The van der Waals surface area contributed by atoms with E-state index in [-0.39, 0.29) is 75.9 Å². The molecule has 3 amide bonds. The first-order valence-corrected chi connectivity index (χ1v) is 30.2. The lowest BCUT2D eigenvalue weighted by Gasteiger charge is -2.42. The summed E-state index contributed by atoms with van der Waals surface area (Å²) in [5.41, 5.74) is 0.699. The molecule has 2 fully saturated rings. The minimum Gasteiger partial charge on any atom is -0.495 e. The summed E-state index contributed by atoms with van der Waals surface area (Å²) >= 11 is 6.81. The van der Waals surface area contributed by atoms with Gasteiger partial charge in [0, 0.05) is 89.6 Å². The van der Waals surface area contributed by atoms with Gasteiger partial charge in [-0.1, -0.05) is 67.4 Å². The van der Waals surface area contributed by atoms with Crippen molar-refractivity contribution in [1.29, 1.82) is 0 Å². The largest absolute Gasteiger partial charge is 0.495 e. The number of esters is 1. The van der Waals surface area contributed by atoms with E-state index in [1.54, 1.807) is 38.1 Å². The van der Waals surface area contributed by atoms with E-state index < -0.39 is 106 Å². The number of rotatable bonds is 27. The fourth-order valence-electron chi connectivity index (χ4n) is 10.5. The zero-order valence-corrected chi connectivity index (χ0v) is 51.3. The maximum atomic E-state index is 14.4. The smallest absolute Gasteiger partial charge is 0.409 e. The van der Waals surface area contributed by atoms with E-state index in [4.69, 9.17) is 44.8 Å². The van der Waals surface area contributed by atoms with Gasteiger partial charge in [0.05, 0.1) is 57.5 Å². The Hall–Kier alpha value is -5.96. The number of likely N-dealkylation sites (N-methyl/N-ethyl adjacent to an activating group) is 1. The van der Waals surface area contributed by atoms with Crippen LogP contribution in [0.4, 0.5) is 10.5 Å². The highest BCUT2D eigenvalue weighted by Crippen LogP contribution is 2.49. The second-order valence-corrected chi connectivity index (χ2v) is 24.6. The molecule has 3 aliphatic rings. The number of fused-ring (bicyclic) bond motifs is 6. The Labute approximate surface area is 496 Å². The Morgan fingerprint density at radius 3 is 2.44 bits per heavy atom. The normalized spacial score (nSPS) is 24.8. The first kappa shape index (κ1) is 67.2. The summed E-state index contributed by atoms with van der Waals surface area (Å²) in [6, 6.07) is 12.1. The predicted molar refractivity (Wildman–Crippen MR) is 313 cm³/mol. The van der Waals surface area contributed by atoms with Crippen LogP contribution in [0.5, 0.6) is 5.75 Å². The Morgan fingerprint density at radius 2 is 1.75 bits per heavy atom. The molecule has 0 radical (unpaired) electrons. The zero-order valence-electron chi connectivity index (χ0n) is 49.7. The first-order valence-electron chi connectivity index (χ1n) is 28.2. The fraction of sp³-hybridized carbons (Fsp3) is 0.593. The van der Waals surface area contributed by atoms with E-state index in [1.165, 1.54) is 40.1 Å². The number of nitrogens with zero attached hydrogens (tertiary/aromatic N) is 4. The third-order valence-electron chi connectivity index (χ3n) is 16.0. The number of amides is 3. The number of hydrogen-bond donors (Lipinski definition) is 4. The number of para-hydroxylation sites is 1. The first-order chi connectivity index (χ1) is 39.7. The quantitative estimate of drug-likeness (QED) is 0.0422. The van der Waals surface area contributed by atoms with Crippen LogP contribution in [-0.2, 0) is 81.9 Å². The molecule has 2 aromatic carbocycles. The molecule has 4 heterocycles. The molecule has 3 aromatic rings. The SMILES string of the molecule is CCN(C)Cc1cc2ccccc2n1CCC(=O)C[C@@H](CCC(=O)O)C(=O)NCCOCCOCCS(=O)(=O)N(C)[C@@H](C)C(=O)O[C@H]1CC(=O)N(C)c2cc(cc(OC)c2Cl)C/C(C)=C/C=C/[C@@H](OC)[C@@]2(O)C[C@H](OC(=O)N2)[C@@H](C)[C@@H]2O[C@@]12C. The number of carboxylic acid groups (broad SMARTS) is 1. The highest BCUT2D eigenvalue weighted by atomic mass is 35.5. The number of carbonyl (C=O) groups is 6. The van der Waals surface area contributed by atoms with Gasteiger partial charge >= 0.3 is 18.0 Å². The Morgan fingerprint density at radius 1 is 1.04 bits per heavy atom. The van der Waals surface area contributed by atoms with Crippen molar-refractivity contribution in [2.45, 2.75) is 134 Å². The van der Waals surface area contributed by atoms with Gasteiger partial charge < -0.3 is 63.1 Å². The van der Waals surface area contributed by atoms with Crippen molar-refractivity contribution in [3.8, 4) is 5.75 Å². The van der Waals surface area contributed by atoms with Gasteiger partial charge in [0.2, 0.25) is 21.8 Å². The zero-order chi connectivity index (χ0) is 61.7. The molecular weight excluding hydrogens is 1130 g/mol. The molecule has 4 bridgehead atoms. The number of ether oxygens (including phenoxy) is 7. The third kappa shape index (κ3) is 17.4. The average molecular weight is 1220 g/mol. The number of aliphatic carboxylic acids is 1. The number of aliphatic hydroxyl groups is 1. The van der Waals surface area contributed by atoms with Gasteiger partial charge in [0.25, 0.3) is 0 Å². The Bertz CT molecular complexity index is 3010. The molecule has 0 unspecified atom stereocenters. The number of alkyl carbamates (subject to hydrolysis) is 1. The van der Waals surface area contributed by atoms with Gasteiger partial charge in [-0.05, 0) is 82.4 Å². The van der Waals surface area contributed by atoms with Crippen LogP contribution in [0.1, 0.15) is 84.4 Å². The number of benzene rings is 2. The van der Waals surface area contributed by atoms with Gasteiger partial charge in [-0.25, -0.2) is 13.2 Å². The van der Waals surface area contributed by atoms with E-state index in [0.717, 1.165) is 38.6 Å². The molecule has 0 spiro atoms. The number of carbonyl (C=O) groups excluding carboxylic acids is 5. The van der Waals surface area contributed by atoms with Gasteiger partial charge in [0.1, 0.15) is 46.5 Å². The van der Waals surface area contributed by atoms with Crippen LogP contribution < -0.4 is 20.3 Å². The van der Waals surface area contributed by atoms with Crippen molar-refractivity contribution >= 4 is 73.8 Å². The number of hydrogen-bond acceptors (Lipinski definition) is 17. The average Bonchev–Trinajstić information content (AvgIpc) is 1.69. The van der Waals surface area contributed by atoms with Crippen LogP contribution in [-0.4, -0.2) is 190 Å². The summed E-state index contributed by atoms with van der Waals surface area (Å²) in [4.78, 5) is 83.1. The van der Waals surface area contributed by atoms with Crippen molar-refractivity contribution in [2.75, 3.05) is 85.5 Å². The van der Waals surface area contributed by atoms with Crippen molar-refractivity contribution in [2.24, 2.45) is 11.8 Å². The molecule has 84 heavy (non-hydrogen) atoms. The Kier molecular flexibility index (Phi) is 23.9. The third-order valence-corrected chi connectivity index (χ3v) is 18.2. The summed E-state index contributed by atoms with van der Waals surface area (Å²) in [6.45, 7) is 10.5. The number of halogens is 1. The highest BCUT2D eigenvalue weighted by molar-refractivity contribution is 7.89. The molecule has 4 N–H and O–H groups in total. The van der Waals surface area contributed by atoms with E-state index >= 15 is 0 Å². The number of ketones is 1. The summed E-state index contributed by atoms with van der Waals surface area (Å²) in [5.74, 6) is -4.97. The van der Waals surface area contributed by atoms with E-state index in [9.17, 15) is 47.4 Å². The number of carboxylic acids is 1. The van der Waals surface area contributed by atoms with Gasteiger partial charge in [-0.2, -0.15) is 4.31 Å². The molecule has 2 saturated heterocycles. The fourth-order valence-corrected chi connectivity index (χ4v) is 12.0. The number of aromatic nitrogens is 1. The molecule has 9 atom stereocenters. The Balaban J connectivity index is 1.02. The van der Waals surface area contributed by atoms with Crippen molar-refractivity contribution in [1.82, 2.24) is 24.4 Å². The second-order valence-electron chi connectivity index (χ2n) is 22.0. The topological polar surface area (TPSA) is 284 Å². The monoisotopic (exact) mass is 1210 g/mol. The molecule has 0 saturated carbocycles.